The molecule has 0 N–H and O–H groups in total. The molecule has 1 aromatic carbocycles. The van der Waals surface area contributed by atoms with Gasteiger partial charge >= 0.3 is 0 Å². The Morgan fingerprint density at radius 1 is 0.962 bits per heavy atom. The van der Waals surface area contributed by atoms with Gasteiger partial charge in [-0.3, -0.25) is 0 Å². The quantitative estimate of drug-likeness (QED) is 0.573. The molecule has 26 heavy (non-hydrogen) atoms. The first-order chi connectivity index (χ1) is 12.0. The minimum Gasteiger partial charge on any atom is -0.224 e. The molecule has 2 aliphatic carbocycles. The van der Waals surface area contributed by atoms with E-state index in [0.717, 1.165) is 36.3 Å². The second-order valence-corrected chi connectivity index (χ2v) is 10.7. The second kappa shape index (κ2) is 8.14. The van der Waals surface area contributed by atoms with E-state index >= 15 is 0 Å². The van der Waals surface area contributed by atoms with E-state index in [4.69, 9.17) is 11.6 Å². The van der Waals surface area contributed by atoms with Crippen LogP contribution in [0.2, 0.25) is 0 Å². The highest BCUT2D eigenvalue weighted by atomic mass is 35.5. The van der Waals surface area contributed by atoms with Crippen molar-refractivity contribution in [1.82, 2.24) is 0 Å². The van der Waals surface area contributed by atoms with Crippen molar-refractivity contribution in [2.24, 2.45) is 5.41 Å². The Bertz CT molecular complexity index is 836. The molecule has 0 spiro atoms. The van der Waals surface area contributed by atoms with Gasteiger partial charge in [0.1, 0.15) is 0 Å². The summed E-state index contributed by atoms with van der Waals surface area (Å²) < 4.78 is 22.8. The van der Waals surface area contributed by atoms with Crippen molar-refractivity contribution in [2.45, 2.75) is 58.3 Å². The molecule has 4 heteroatoms. The van der Waals surface area contributed by atoms with E-state index in [1.165, 1.54) is 23.0 Å². The van der Waals surface area contributed by atoms with Crippen molar-refractivity contribution in [3.63, 3.8) is 0 Å². The summed E-state index contributed by atoms with van der Waals surface area (Å²) in [6, 6.07) is 7.26. The lowest BCUT2D eigenvalue weighted by Gasteiger charge is -2.17. The Morgan fingerprint density at radius 3 is 1.96 bits per heavy atom. The van der Waals surface area contributed by atoms with E-state index in [1.54, 1.807) is 12.1 Å². The van der Waals surface area contributed by atoms with E-state index in [0.29, 0.717) is 10.3 Å². The maximum atomic E-state index is 11.4. The Kier molecular flexibility index (Phi) is 6.57. The van der Waals surface area contributed by atoms with Crippen LogP contribution in [0.1, 0.15) is 58.9 Å². The summed E-state index contributed by atoms with van der Waals surface area (Å²) in [7, 11) is -3.10. The molecular formula is C22H29ClO2S. The van der Waals surface area contributed by atoms with Gasteiger partial charge in [-0.2, -0.15) is 0 Å². The molecule has 0 amide bonds. The van der Waals surface area contributed by atoms with Crippen LogP contribution in [-0.4, -0.2) is 14.7 Å². The zero-order valence-electron chi connectivity index (χ0n) is 16.4. The van der Waals surface area contributed by atoms with E-state index < -0.39 is 9.84 Å². The van der Waals surface area contributed by atoms with Crippen molar-refractivity contribution in [2.75, 3.05) is 6.26 Å². The molecule has 142 valence electrons. The number of benzene rings is 1. The van der Waals surface area contributed by atoms with Crippen LogP contribution in [0.3, 0.4) is 0 Å². The first-order valence-corrected chi connectivity index (χ1v) is 11.3. The lowest BCUT2D eigenvalue weighted by atomic mass is 9.88. The summed E-state index contributed by atoms with van der Waals surface area (Å²) in [5.74, 6) is 0. The number of allylic oxidation sites excluding steroid dienone is 6. The summed E-state index contributed by atoms with van der Waals surface area (Å²) in [5, 5.41) is 0.982. The molecule has 0 bridgehead atoms. The topological polar surface area (TPSA) is 34.1 Å². The van der Waals surface area contributed by atoms with Crippen LogP contribution in [0.5, 0.6) is 0 Å². The maximum absolute atomic E-state index is 11.4. The first-order valence-electron chi connectivity index (χ1n) is 8.99. The van der Waals surface area contributed by atoms with Gasteiger partial charge in [0.25, 0.3) is 0 Å². The smallest absolute Gasteiger partial charge is 0.175 e. The zero-order valence-corrected chi connectivity index (χ0v) is 18.0. The Hall–Kier alpha value is -1.32. The molecule has 3 rings (SSSR count). The molecule has 0 heterocycles. The first kappa shape index (κ1) is 21.0. The van der Waals surface area contributed by atoms with Crippen LogP contribution in [0.4, 0.5) is 0 Å². The second-order valence-electron chi connectivity index (χ2n) is 8.20. The van der Waals surface area contributed by atoms with E-state index in [9.17, 15) is 8.42 Å². The van der Waals surface area contributed by atoms with Gasteiger partial charge in [0.15, 0.2) is 9.84 Å². The monoisotopic (exact) mass is 392 g/mol. The van der Waals surface area contributed by atoms with Crippen LogP contribution in [0, 0.1) is 5.41 Å². The zero-order chi connectivity index (χ0) is 19.5. The maximum Gasteiger partial charge on any atom is 0.175 e. The van der Waals surface area contributed by atoms with Crippen LogP contribution in [0.25, 0.3) is 5.57 Å². The van der Waals surface area contributed by atoms with E-state index in [-0.39, 0.29) is 0 Å². The van der Waals surface area contributed by atoms with Crippen molar-refractivity contribution < 1.29 is 8.42 Å². The third kappa shape index (κ3) is 5.85. The molecule has 1 aromatic rings. The predicted molar refractivity (Wildman–Crippen MR) is 112 cm³/mol. The Morgan fingerprint density at radius 2 is 1.58 bits per heavy atom. The summed E-state index contributed by atoms with van der Waals surface area (Å²) in [5.41, 5.74) is 5.71. The van der Waals surface area contributed by atoms with Crippen LogP contribution in [0.15, 0.2) is 57.5 Å². The van der Waals surface area contributed by atoms with Crippen LogP contribution in [-0.2, 0) is 9.84 Å². The minimum atomic E-state index is -3.10. The summed E-state index contributed by atoms with van der Waals surface area (Å²) >= 11 is 5.70. The standard InChI is InChI=1S/C15H20O2S.C7H9Cl/c1-11-9-15(2,3)10-14(11)12-5-7-13(8-6-12)18(4,16)17;1-6-2-4-7(8)5-3-6/h5-8H,9-10H2,1-4H3;2,4H,3,5H2,1H3. The van der Waals surface area contributed by atoms with Gasteiger partial charge in [-0.05, 0) is 74.3 Å². The van der Waals surface area contributed by atoms with Gasteiger partial charge in [-0.25, -0.2) is 8.42 Å². The molecule has 0 unspecified atom stereocenters. The molecular weight excluding hydrogens is 364 g/mol. The molecule has 0 fully saturated rings. The third-order valence-electron chi connectivity index (χ3n) is 4.85. The highest BCUT2D eigenvalue weighted by molar-refractivity contribution is 7.90. The third-order valence-corrected chi connectivity index (χ3v) is 6.30. The van der Waals surface area contributed by atoms with Gasteiger partial charge in [-0.1, -0.05) is 54.8 Å². The largest absolute Gasteiger partial charge is 0.224 e. The highest BCUT2D eigenvalue weighted by Gasteiger charge is 2.29. The molecule has 2 nitrogen and oxygen atoms in total. The summed E-state index contributed by atoms with van der Waals surface area (Å²) in [4.78, 5) is 0.391. The van der Waals surface area contributed by atoms with Crippen molar-refractivity contribution in [1.29, 1.82) is 0 Å². The Labute approximate surface area is 163 Å². The molecule has 0 radical (unpaired) electrons. The number of rotatable bonds is 2. The molecule has 2 aliphatic rings. The molecule has 0 aromatic heterocycles. The van der Waals surface area contributed by atoms with E-state index in [1.807, 2.05) is 18.2 Å². The van der Waals surface area contributed by atoms with Crippen LogP contribution < -0.4 is 0 Å². The normalized spacial score (nSPS) is 19.5. The average molecular weight is 393 g/mol. The number of halogens is 1. The Balaban J connectivity index is 0.000000254. The van der Waals surface area contributed by atoms with Crippen molar-refractivity contribution >= 4 is 27.0 Å². The van der Waals surface area contributed by atoms with Crippen molar-refractivity contribution in [3.05, 3.63) is 58.2 Å². The van der Waals surface area contributed by atoms with Gasteiger partial charge in [0.05, 0.1) is 4.90 Å². The van der Waals surface area contributed by atoms with E-state index in [2.05, 4.69) is 33.8 Å². The van der Waals surface area contributed by atoms with Gasteiger partial charge < -0.3 is 0 Å². The molecule has 0 aliphatic heterocycles. The summed E-state index contributed by atoms with van der Waals surface area (Å²) in [6.07, 6.45) is 9.64. The molecule has 0 atom stereocenters. The number of hydrogen-bond donors (Lipinski definition) is 0. The van der Waals surface area contributed by atoms with Gasteiger partial charge in [-0.15, -0.1) is 0 Å². The predicted octanol–water partition coefficient (Wildman–Crippen LogP) is 6.53. The highest BCUT2D eigenvalue weighted by Crippen LogP contribution is 2.45. The average Bonchev–Trinajstić information content (AvgIpc) is 2.83. The SMILES string of the molecule is CC1=C(c2ccc(S(C)(=O)=O)cc2)CC(C)(C)C1.CC1=CC=C(Cl)CC1. The van der Waals surface area contributed by atoms with Gasteiger partial charge in [0, 0.05) is 11.3 Å². The lowest BCUT2D eigenvalue weighted by Crippen LogP contribution is -2.05. The lowest BCUT2D eigenvalue weighted by molar-refractivity contribution is 0.397. The summed E-state index contributed by atoms with van der Waals surface area (Å²) in [6.45, 7) is 8.84. The fourth-order valence-electron chi connectivity index (χ4n) is 3.48. The number of sulfone groups is 1. The fraction of sp³-hybridized carbons (Fsp3) is 0.455. The molecule has 0 saturated heterocycles. The fourth-order valence-corrected chi connectivity index (χ4v) is 4.27. The van der Waals surface area contributed by atoms with Crippen molar-refractivity contribution in [3.8, 4) is 0 Å². The molecule has 0 saturated carbocycles. The van der Waals surface area contributed by atoms with Crippen LogP contribution >= 0.6 is 11.6 Å². The van der Waals surface area contributed by atoms with Gasteiger partial charge in [0.2, 0.25) is 0 Å². The number of hydrogen-bond acceptors (Lipinski definition) is 2. The minimum absolute atomic E-state index is 0.328.